The highest BCUT2D eigenvalue weighted by atomic mass is 28.4. The molecule has 24 heavy (non-hydrogen) atoms. The summed E-state index contributed by atoms with van der Waals surface area (Å²) in [5.74, 6) is 0. The van der Waals surface area contributed by atoms with Crippen LogP contribution in [-0.2, 0) is 23.2 Å². The highest BCUT2D eigenvalue weighted by molar-refractivity contribution is 6.73. The van der Waals surface area contributed by atoms with Gasteiger partial charge in [0.2, 0.25) is 0 Å². The van der Waals surface area contributed by atoms with Gasteiger partial charge in [-0.1, -0.05) is 13.8 Å². The molecule has 8 heteroatoms. The highest BCUT2D eigenvalue weighted by Gasteiger charge is 2.37. The second-order valence-corrected chi connectivity index (χ2v) is 10.6. The van der Waals surface area contributed by atoms with Crippen molar-refractivity contribution >= 4 is 8.32 Å². The van der Waals surface area contributed by atoms with E-state index in [0.717, 1.165) is 24.2 Å². The van der Waals surface area contributed by atoms with Gasteiger partial charge in [-0.2, -0.15) is 26.3 Å². The van der Waals surface area contributed by atoms with Gasteiger partial charge < -0.3 is 4.43 Å². The first kappa shape index (κ1) is 21.0. The van der Waals surface area contributed by atoms with Crippen molar-refractivity contribution in [3.05, 3.63) is 34.9 Å². The van der Waals surface area contributed by atoms with Gasteiger partial charge >= 0.3 is 12.4 Å². The number of rotatable bonds is 7. The molecule has 1 rings (SSSR count). The minimum atomic E-state index is -4.80. The molecule has 1 aromatic rings. The van der Waals surface area contributed by atoms with Crippen LogP contribution in [0.25, 0.3) is 0 Å². The van der Waals surface area contributed by atoms with Crippen molar-refractivity contribution in [1.82, 2.24) is 0 Å². The van der Waals surface area contributed by atoms with Crippen LogP contribution in [0.3, 0.4) is 0 Å². The Balaban J connectivity index is 2.99. The van der Waals surface area contributed by atoms with Crippen LogP contribution in [0.4, 0.5) is 26.3 Å². The van der Waals surface area contributed by atoms with Crippen LogP contribution in [0.2, 0.25) is 18.1 Å². The molecule has 0 radical (unpaired) electrons. The van der Waals surface area contributed by atoms with Crippen LogP contribution < -0.4 is 0 Å². The van der Waals surface area contributed by atoms with Crippen LogP contribution >= 0.6 is 0 Å². The van der Waals surface area contributed by atoms with Crippen molar-refractivity contribution in [2.45, 2.75) is 57.2 Å². The summed E-state index contributed by atoms with van der Waals surface area (Å²) in [5.41, 5.74) is -2.45. The molecule has 0 saturated carbocycles. The summed E-state index contributed by atoms with van der Waals surface area (Å²) < 4.78 is 82.6. The summed E-state index contributed by atoms with van der Waals surface area (Å²) in [6.07, 6.45) is -8.91. The van der Waals surface area contributed by atoms with E-state index in [-0.39, 0.29) is 18.1 Å². The zero-order valence-electron chi connectivity index (χ0n) is 13.9. The van der Waals surface area contributed by atoms with Crippen molar-refractivity contribution < 1.29 is 30.8 Å². The quantitative estimate of drug-likeness (QED) is 0.404. The van der Waals surface area contributed by atoms with Crippen LogP contribution in [0.1, 0.15) is 37.0 Å². The van der Waals surface area contributed by atoms with E-state index in [0.29, 0.717) is 12.5 Å². The summed E-state index contributed by atoms with van der Waals surface area (Å²) >= 11 is 0. The molecule has 0 atom stereocenters. The zero-order valence-corrected chi connectivity index (χ0v) is 14.9. The first-order valence-corrected chi connectivity index (χ1v) is 10.3. The smallest absolute Gasteiger partial charge is 0.416 e. The standard InChI is InChI=1S/C16H22F6OSi/c1-4-24(5-2,23-3)8-6-7-12-9-13(15(17,18)19)11-14(10-12)16(20,21)22/h9-11H,4-8H2,1-3H3. The first-order chi connectivity index (χ1) is 11.0. The Bertz CT molecular complexity index is 494. The number of alkyl halides is 6. The van der Waals surface area contributed by atoms with Gasteiger partial charge in [-0.3, -0.25) is 0 Å². The predicted octanol–water partition coefficient (Wildman–Crippen LogP) is 6.29. The van der Waals surface area contributed by atoms with Crippen LogP contribution in [-0.4, -0.2) is 15.4 Å². The highest BCUT2D eigenvalue weighted by Crippen LogP contribution is 2.36. The maximum Gasteiger partial charge on any atom is 0.416 e. The summed E-state index contributed by atoms with van der Waals surface area (Å²) in [6.45, 7) is 4.01. The largest absolute Gasteiger partial charge is 0.420 e. The second kappa shape index (κ2) is 7.90. The molecule has 0 aromatic heterocycles. The van der Waals surface area contributed by atoms with E-state index in [2.05, 4.69) is 0 Å². The van der Waals surface area contributed by atoms with Gasteiger partial charge in [0.1, 0.15) is 0 Å². The van der Waals surface area contributed by atoms with Crippen LogP contribution in [0.15, 0.2) is 18.2 Å². The first-order valence-electron chi connectivity index (χ1n) is 7.81. The molecular weight excluding hydrogens is 350 g/mol. The zero-order chi connectivity index (χ0) is 18.6. The van der Waals surface area contributed by atoms with Gasteiger partial charge in [-0.05, 0) is 54.7 Å². The van der Waals surface area contributed by atoms with E-state index < -0.39 is 31.8 Å². The minimum absolute atomic E-state index is 0.0587. The van der Waals surface area contributed by atoms with Crippen LogP contribution in [0.5, 0.6) is 0 Å². The molecule has 0 aliphatic carbocycles. The average Bonchev–Trinajstić information content (AvgIpc) is 2.50. The molecule has 0 amide bonds. The molecule has 0 heterocycles. The van der Waals surface area contributed by atoms with Crippen molar-refractivity contribution in [3.63, 3.8) is 0 Å². The third-order valence-corrected chi connectivity index (χ3v) is 9.18. The molecule has 0 N–H and O–H groups in total. The lowest BCUT2D eigenvalue weighted by Crippen LogP contribution is -2.35. The van der Waals surface area contributed by atoms with E-state index in [1.54, 1.807) is 7.11 Å². The Morgan fingerprint density at radius 2 is 1.33 bits per heavy atom. The molecular formula is C16H22F6OSi. The molecule has 0 aliphatic heterocycles. The number of halogens is 6. The predicted molar refractivity (Wildman–Crippen MR) is 83.3 cm³/mol. The number of aryl methyl sites for hydroxylation is 1. The summed E-state index contributed by atoms with van der Waals surface area (Å²) in [5, 5.41) is 0. The van der Waals surface area contributed by atoms with Gasteiger partial charge in [0, 0.05) is 7.11 Å². The van der Waals surface area contributed by atoms with E-state index in [4.69, 9.17) is 4.43 Å². The lowest BCUT2D eigenvalue weighted by atomic mass is 10.0. The molecule has 0 unspecified atom stereocenters. The molecule has 1 aromatic carbocycles. The van der Waals surface area contributed by atoms with E-state index in [1.807, 2.05) is 13.8 Å². The topological polar surface area (TPSA) is 9.23 Å². The average molecular weight is 372 g/mol. The Labute approximate surface area is 139 Å². The lowest BCUT2D eigenvalue weighted by Gasteiger charge is -2.27. The number of hydrogen-bond acceptors (Lipinski definition) is 1. The lowest BCUT2D eigenvalue weighted by molar-refractivity contribution is -0.143. The van der Waals surface area contributed by atoms with Crippen LogP contribution in [0, 0.1) is 0 Å². The third-order valence-electron chi connectivity index (χ3n) is 4.47. The summed E-state index contributed by atoms with van der Waals surface area (Å²) in [6, 6.07) is 4.24. The number of hydrogen-bond donors (Lipinski definition) is 0. The van der Waals surface area contributed by atoms with Gasteiger partial charge in [-0.25, -0.2) is 0 Å². The van der Waals surface area contributed by atoms with Crippen molar-refractivity contribution in [1.29, 1.82) is 0 Å². The van der Waals surface area contributed by atoms with Gasteiger partial charge in [0.25, 0.3) is 0 Å². The molecule has 0 bridgehead atoms. The van der Waals surface area contributed by atoms with Crippen molar-refractivity contribution in [2.75, 3.05) is 7.11 Å². The van der Waals surface area contributed by atoms with E-state index in [9.17, 15) is 26.3 Å². The van der Waals surface area contributed by atoms with Crippen molar-refractivity contribution in [2.24, 2.45) is 0 Å². The molecule has 0 fully saturated rings. The second-order valence-electron chi connectivity index (χ2n) is 5.86. The molecule has 1 nitrogen and oxygen atoms in total. The van der Waals surface area contributed by atoms with Crippen molar-refractivity contribution in [3.8, 4) is 0 Å². The summed E-state index contributed by atoms with van der Waals surface area (Å²) in [7, 11) is -0.286. The molecule has 0 aliphatic rings. The molecule has 0 saturated heterocycles. The minimum Gasteiger partial charge on any atom is -0.420 e. The Hall–Kier alpha value is -1.02. The fourth-order valence-corrected chi connectivity index (χ4v) is 5.58. The maximum absolute atomic E-state index is 12.8. The third kappa shape index (κ3) is 5.51. The van der Waals surface area contributed by atoms with E-state index >= 15 is 0 Å². The molecule has 0 spiro atoms. The normalized spacial score (nSPS) is 13.4. The maximum atomic E-state index is 12.8. The monoisotopic (exact) mass is 372 g/mol. The molecule has 138 valence electrons. The van der Waals surface area contributed by atoms with Gasteiger partial charge in [0.15, 0.2) is 8.32 Å². The summed E-state index contributed by atoms with van der Waals surface area (Å²) in [4.78, 5) is 0. The Kier molecular flexibility index (Phi) is 6.92. The Morgan fingerprint density at radius 3 is 1.67 bits per heavy atom. The van der Waals surface area contributed by atoms with E-state index in [1.165, 1.54) is 0 Å². The Morgan fingerprint density at radius 1 is 0.875 bits per heavy atom. The SMILES string of the molecule is CC[Si](CC)(CCCc1cc(C(F)(F)F)cc(C(F)(F)F)c1)OC. The van der Waals surface area contributed by atoms with Gasteiger partial charge in [-0.15, -0.1) is 0 Å². The fourth-order valence-electron chi connectivity index (χ4n) is 2.77. The van der Waals surface area contributed by atoms with Gasteiger partial charge in [0.05, 0.1) is 11.1 Å². The fraction of sp³-hybridized carbons (Fsp3) is 0.625. The number of benzene rings is 1.